The quantitative estimate of drug-likeness (QED) is 0.420. The molecule has 0 spiro atoms. The molecule has 9 heteroatoms. The number of aromatic nitrogens is 5. The third-order valence-corrected chi connectivity index (χ3v) is 6.22. The van der Waals surface area contributed by atoms with Crippen molar-refractivity contribution in [2.75, 3.05) is 11.1 Å². The van der Waals surface area contributed by atoms with Gasteiger partial charge in [0.25, 0.3) is 0 Å². The van der Waals surface area contributed by atoms with E-state index in [1.54, 1.807) is 4.68 Å². The van der Waals surface area contributed by atoms with Crippen molar-refractivity contribution in [3.8, 4) is 5.69 Å². The zero-order valence-electron chi connectivity index (χ0n) is 16.4. The monoisotopic (exact) mass is 436 g/mol. The molecule has 0 aliphatic carbocycles. The van der Waals surface area contributed by atoms with E-state index in [4.69, 9.17) is 0 Å². The van der Waals surface area contributed by atoms with Crippen molar-refractivity contribution in [2.45, 2.75) is 24.9 Å². The smallest absolute Gasteiger partial charge is 0.236 e. The van der Waals surface area contributed by atoms with Crippen LogP contribution in [0.3, 0.4) is 0 Å². The summed E-state index contributed by atoms with van der Waals surface area (Å²) in [5.41, 5.74) is 3.41. The Morgan fingerprint density at radius 2 is 1.87 bits per heavy atom. The molecule has 1 amide bonds. The average Bonchev–Trinajstić information content (AvgIpc) is 3.43. The van der Waals surface area contributed by atoms with Crippen LogP contribution in [0.1, 0.15) is 22.9 Å². The Balaban J connectivity index is 1.31. The lowest BCUT2D eigenvalue weighted by molar-refractivity contribution is -0.113. The van der Waals surface area contributed by atoms with Crippen LogP contribution < -0.4 is 5.32 Å². The number of benzene rings is 2. The number of carbonyl (C=O) groups is 1. The number of tetrazole rings is 1. The molecule has 0 unspecified atom stereocenters. The second-order valence-electron chi connectivity index (χ2n) is 6.52. The summed E-state index contributed by atoms with van der Waals surface area (Å²) < 4.78 is 1.61. The first-order valence-electron chi connectivity index (χ1n) is 9.50. The van der Waals surface area contributed by atoms with E-state index in [-0.39, 0.29) is 11.7 Å². The molecule has 7 nitrogen and oxygen atoms in total. The molecule has 0 fully saturated rings. The number of thiazole rings is 1. The van der Waals surface area contributed by atoms with Crippen LogP contribution in [-0.2, 0) is 17.6 Å². The predicted molar refractivity (Wildman–Crippen MR) is 119 cm³/mol. The Kier molecular flexibility index (Phi) is 6.50. The number of aryl methyl sites for hydroxylation is 1. The van der Waals surface area contributed by atoms with Gasteiger partial charge in [0, 0.05) is 17.5 Å². The molecule has 0 aliphatic rings. The number of hydrogen-bond acceptors (Lipinski definition) is 7. The van der Waals surface area contributed by atoms with Gasteiger partial charge < -0.3 is 5.32 Å². The van der Waals surface area contributed by atoms with Gasteiger partial charge in [-0.05, 0) is 40.1 Å². The summed E-state index contributed by atoms with van der Waals surface area (Å²) in [6.07, 6.45) is 3.65. The molecule has 1 N–H and O–H groups in total. The minimum absolute atomic E-state index is 0.143. The van der Waals surface area contributed by atoms with Gasteiger partial charge in [-0.15, -0.1) is 16.4 Å². The number of carbonyl (C=O) groups excluding carboxylic acids is 1. The summed E-state index contributed by atoms with van der Waals surface area (Å²) in [6.45, 7) is 2.15. The van der Waals surface area contributed by atoms with E-state index >= 15 is 0 Å². The number of amides is 1. The molecule has 0 atom stereocenters. The maximum atomic E-state index is 12.4. The standard InChI is InChI=1S/C21H20N6OS2/c1-2-15-8-10-16(11-9-15)12-18-13-22-20(30-18)23-19(28)14-29-21-24-25-26-27(21)17-6-4-3-5-7-17/h3-11,13H,2,12,14H2,1H3,(H,22,23,28). The Bertz CT molecular complexity index is 1110. The van der Waals surface area contributed by atoms with E-state index in [9.17, 15) is 4.79 Å². The number of thioether (sulfide) groups is 1. The Morgan fingerprint density at radius 1 is 1.10 bits per heavy atom. The fourth-order valence-electron chi connectivity index (χ4n) is 2.83. The summed E-state index contributed by atoms with van der Waals surface area (Å²) in [6, 6.07) is 18.2. The third-order valence-electron chi connectivity index (χ3n) is 4.38. The fraction of sp³-hybridized carbons (Fsp3) is 0.190. The highest BCUT2D eigenvalue weighted by Gasteiger charge is 2.13. The van der Waals surface area contributed by atoms with Crippen molar-refractivity contribution >= 4 is 34.1 Å². The molecule has 0 saturated carbocycles. The molecular formula is C21H20N6OS2. The summed E-state index contributed by atoms with van der Waals surface area (Å²) in [5, 5.41) is 15.7. The molecule has 30 heavy (non-hydrogen) atoms. The molecule has 0 aliphatic heterocycles. The van der Waals surface area contributed by atoms with Crippen molar-refractivity contribution in [1.82, 2.24) is 25.2 Å². The molecule has 0 saturated heterocycles. The molecular weight excluding hydrogens is 416 g/mol. The zero-order valence-corrected chi connectivity index (χ0v) is 18.0. The van der Waals surface area contributed by atoms with Crippen LogP contribution in [0.25, 0.3) is 5.69 Å². The van der Waals surface area contributed by atoms with E-state index in [2.05, 4.69) is 57.0 Å². The van der Waals surface area contributed by atoms with Crippen LogP contribution in [0.2, 0.25) is 0 Å². The molecule has 4 aromatic rings. The highest BCUT2D eigenvalue weighted by molar-refractivity contribution is 7.99. The number of rotatable bonds is 8. The Hall–Kier alpha value is -3.04. The molecule has 152 valence electrons. The molecule has 0 bridgehead atoms. The number of nitrogens with one attached hydrogen (secondary N) is 1. The van der Waals surface area contributed by atoms with E-state index < -0.39 is 0 Å². The van der Waals surface area contributed by atoms with Crippen molar-refractivity contribution < 1.29 is 4.79 Å². The van der Waals surface area contributed by atoms with Gasteiger partial charge in [-0.1, -0.05) is 61.2 Å². The van der Waals surface area contributed by atoms with E-state index in [0.29, 0.717) is 10.3 Å². The lowest BCUT2D eigenvalue weighted by Crippen LogP contribution is -2.14. The van der Waals surface area contributed by atoms with Gasteiger partial charge in [-0.2, -0.15) is 4.68 Å². The van der Waals surface area contributed by atoms with E-state index in [1.165, 1.54) is 34.2 Å². The fourth-order valence-corrected chi connectivity index (χ4v) is 4.38. The number of nitrogens with zero attached hydrogens (tertiary/aromatic N) is 5. The van der Waals surface area contributed by atoms with Gasteiger partial charge in [0.2, 0.25) is 11.1 Å². The second-order valence-corrected chi connectivity index (χ2v) is 8.58. The molecule has 2 aromatic heterocycles. The van der Waals surface area contributed by atoms with Crippen LogP contribution in [0.15, 0.2) is 66.0 Å². The van der Waals surface area contributed by atoms with E-state index in [1.807, 2.05) is 36.5 Å². The first-order chi connectivity index (χ1) is 14.7. The highest BCUT2D eigenvalue weighted by Crippen LogP contribution is 2.23. The minimum Gasteiger partial charge on any atom is -0.301 e. The average molecular weight is 437 g/mol. The zero-order chi connectivity index (χ0) is 20.8. The van der Waals surface area contributed by atoms with Crippen LogP contribution in [0.4, 0.5) is 5.13 Å². The first-order valence-corrected chi connectivity index (χ1v) is 11.3. The van der Waals surface area contributed by atoms with Gasteiger partial charge >= 0.3 is 0 Å². The third kappa shape index (κ3) is 5.11. The van der Waals surface area contributed by atoms with Gasteiger partial charge in [0.1, 0.15) is 0 Å². The Labute approximate surface area is 182 Å². The summed E-state index contributed by atoms with van der Waals surface area (Å²) in [7, 11) is 0. The van der Waals surface area contributed by atoms with Crippen molar-refractivity contribution in [2.24, 2.45) is 0 Å². The molecule has 0 radical (unpaired) electrons. The Morgan fingerprint density at radius 3 is 2.63 bits per heavy atom. The molecule has 4 rings (SSSR count). The highest BCUT2D eigenvalue weighted by atomic mass is 32.2. The van der Waals surface area contributed by atoms with Crippen LogP contribution in [-0.4, -0.2) is 36.9 Å². The van der Waals surface area contributed by atoms with Crippen molar-refractivity contribution in [3.05, 3.63) is 76.8 Å². The summed E-state index contributed by atoms with van der Waals surface area (Å²) in [5.74, 6) is 0.0523. The lowest BCUT2D eigenvalue weighted by Gasteiger charge is -2.04. The van der Waals surface area contributed by atoms with Crippen LogP contribution >= 0.6 is 23.1 Å². The van der Waals surface area contributed by atoms with E-state index in [0.717, 1.165) is 23.4 Å². The second kappa shape index (κ2) is 9.64. The lowest BCUT2D eigenvalue weighted by atomic mass is 10.1. The molecule has 2 heterocycles. The van der Waals surface area contributed by atoms with Gasteiger partial charge in [-0.25, -0.2) is 4.98 Å². The van der Waals surface area contributed by atoms with Crippen molar-refractivity contribution in [3.63, 3.8) is 0 Å². The maximum absolute atomic E-state index is 12.4. The number of hydrogen-bond donors (Lipinski definition) is 1. The van der Waals surface area contributed by atoms with Gasteiger partial charge in [-0.3, -0.25) is 4.79 Å². The van der Waals surface area contributed by atoms with Crippen molar-refractivity contribution in [1.29, 1.82) is 0 Å². The number of para-hydroxylation sites is 1. The van der Waals surface area contributed by atoms with Crippen LogP contribution in [0.5, 0.6) is 0 Å². The topological polar surface area (TPSA) is 85.6 Å². The van der Waals surface area contributed by atoms with Gasteiger partial charge in [0.15, 0.2) is 5.13 Å². The SMILES string of the molecule is CCc1ccc(Cc2cnc(NC(=O)CSc3nnnn3-c3ccccc3)s2)cc1. The maximum Gasteiger partial charge on any atom is 0.236 e. The largest absolute Gasteiger partial charge is 0.301 e. The minimum atomic E-state index is -0.143. The van der Waals surface area contributed by atoms with Gasteiger partial charge in [0.05, 0.1) is 11.4 Å². The molecule has 2 aromatic carbocycles. The first kappa shape index (κ1) is 20.2. The normalized spacial score (nSPS) is 10.8. The number of anilines is 1. The summed E-state index contributed by atoms with van der Waals surface area (Å²) in [4.78, 5) is 17.8. The van der Waals surface area contributed by atoms with Crippen LogP contribution in [0, 0.1) is 0 Å². The summed E-state index contributed by atoms with van der Waals surface area (Å²) >= 11 is 2.77. The predicted octanol–water partition coefficient (Wildman–Crippen LogP) is 4.00.